The minimum absolute atomic E-state index is 0.00780. The highest BCUT2D eigenvalue weighted by Crippen LogP contribution is 2.29. The highest BCUT2D eigenvalue weighted by molar-refractivity contribution is 6.40. The van der Waals surface area contributed by atoms with Gasteiger partial charge in [0.25, 0.3) is 5.91 Å². The number of carboxylic acid groups (broad SMARTS) is 1. The third kappa shape index (κ3) is 4.45. The van der Waals surface area contributed by atoms with Gasteiger partial charge in [0.05, 0.1) is 5.92 Å². The molecule has 0 spiro atoms. The highest BCUT2D eigenvalue weighted by atomic mass is 16.4. The van der Waals surface area contributed by atoms with Gasteiger partial charge < -0.3 is 25.2 Å². The van der Waals surface area contributed by atoms with E-state index in [9.17, 15) is 14.7 Å². The van der Waals surface area contributed by atoms with Crippen molar-refractivity contribution in [2.75, 3.05) is 13.1 Å². The smallest absolute Gasteiger partial charge is 0.451 e. The maximum Gasteiger partial charge on any atom is 0.451 e. The Hall–Kier alpha value is -1.16. The van der Waals surface area contributed by atoms with Gasteiger partial charge in [-0.05, 0) is 25.6 Å². The van der Waals surface area contributed by atoms with E-state index in [-0.39, 0.29) is 25.3 Å². The van der Waals surface area contributed by atoms with Gasteiger partial charge in [-0.15, -0.1) is 0 Å². The quantitative estimate of drug-likeness (QED) is 0.282. The SMILES string of the molecule is CC(N)(O)C(=O)N1C[C@H](CCCB(O)O)[C@H](C(=O)O)C1. The van der Waals surface area contributed by atoms with E-state index in [1.165, 1.54) is 4.90 Å². The Morgan fingerprint density at radius 3 is 2.45 bits per heavy atom. The van der Waals surface area contributed by atoms with Gasteiger partial charge in [-0.25, -0.2) is 0 Å². The number of nitrogens with zero attached hydrogens (tertiary/aromatic N) is 1. The third-order valence-corrected chi connectivity index (χ3v) is 3.52. The van der Waals surface area contributed by atoms with E-state index in [0.29, 0.717) is 12.8 Å². The molecule has 1 rings (SSSR count). The molecule has 1 saturated heterocycles. The first kappa shape index (κ1) is 16.9. The van der Waals surface area contributed by atoms with Crippen LogP contribution in [0.2, 0.25) is 6.32 Å². The van der Waals surface area contributed by atoms with E-state index in [2.05, 4.69) is 0 Å². The molecule has 1 fully saturated rings. The average Bonchev–Trinajstić information content (AvgIpc) is 2.70. The fraction of sp³-hybridized carbons (Fsp3) is 0.818. The number of carbonyl (C=O) groups excluding carboxylic acids is 1. The first-order chi connectivity index (χ1) is 9.12. The van der Waals surface area contributed by atoms with Gasteiger partial charge in [0.2, 0.25) is 0 Å². The van der Waals surface area contributed by atoms with Gasteiger partial charge in [0, 0.05) is 13.1 Å². The molecular formula is C11H21BN2O6. The summed E-state index contributed by atoms with van der Waals surface area (Å²) >= 11 is 0. The van der Waals surface area contributed by atoms with Crippen molar-refractivity contribution >= 4 is 19.0 Å². The number of carboxylic acids is 1. The molecule has 0 radical (unpaired) electrons. The summed E-state index contributed by atoms with van der Waals surface area (Å²) in [6.45, 7) is 1.36. The number of aliphatic carboxylic acids is 1. The molecule has 0 aromatic carbocycles. The maximum atomic E-state index is 11.8. The summed E-state index contributed by atoms with van der Waals surface area (Å²) < 4.78 is 0. The van der Waals surface area contributed by atoms with Gasteiger partial charge in [-0.3, -0.25) is 15.3 Å². The van der Waals surface area contributed by atoms with E-state index in [1.807, 2.05) is 0 Å². The van der Waals surface area contributed by atoms with Crippen LogP contribution in [0.5, 0.6) is 0 Å². The van der Waals surface area contributed by atoms with Crippen molar-refractivity contribution in [1.29, 1.82) is 0 Å². The minimum atomic E-state index is -2.01. The summed E-state index contributed by atoms with van der Waals surface area (Å²) in [5.41, 5.74) is 3.30. The Morgan fingerprint density at radius 2 is 2.00 bits per heavy atom. The summed E-state index contributed by atoms with van der Waals surface area (Å²) in [5.74, 6) is -2.71. The number of likely N-dealkylation sites (tertiary alicyclic amines) is 1. The van der Waals surface area contributed by atoms with E-state index in [4.69, 9.17) is 20.9 Å². The second-order valence-corrected chi connectivity index (χ2v) is 5.47. The highest BCUT2D eigenvalue weighted by Gasteiger charge is 2.42. The number of rotatable bonds is 6. The Morgan fingerprint density at radius 1 is 1.40 bits per heavy atom. The van der Waals surface area contributed by atoms with Gasteiger partial charge in [-0.2, -0.15) is 0 Å². The summed E-state index contributed by atoms with van der Waals surface area (Å²) in [5, 5.41) is 36.2. The van der Waals surface area contributed by atoms with Crippen LogP contribution in [-0.4, -0.2) is 63.0 Å². The lowest BCUT2D eigenvalue weighted by Crippen LogP contribution is -2.52. The number of hydrogen-bond acceptors (Lipinski definition) is 6. The predicted molar refractivity (Wildman–Crippen MR) is 70.2 cm³/mol. The molecule has 1 aliphatic heterocycles. The van der Waals surface area contributed by atoms with Crippen LogP contribution in [-0.2, 0) is 9.59 Å². The zero-order chi connectivity index (χ0) is 15.5. The van der Waals surface area contributed by atoms with E-state index >= 15 is 0 Å². The third-order valence-electron chi connectivity index (χ3n) is 3.52. The molecule has 0 aromatic heterocycles. The summed E-state index contributed by atoms with van der Waals surface area (Å²) in [6, 6.07) is 0. The molecule has 20 heavy (non-hydrogen) atoms. The molecule has 9 heteroatoms. The molecule has 1 amide bonds. The van der Waals surface area contributed by atoms with Crippen LogP contribution in [0.1, 0.15) is 19.8 Å². The average molecular weight is 288 g/mol. The number of hydrogen-bond donors (Lipinski definition) is 5. The lowest BCUT2D eigenvalue weighted by Gasteiger charge is -2.24. The Kier molecular flexibility index (Phi) is 5.52. The number of aliphatic hydroxyl groups is 1. The van der Waals surface area contributed by atoms with Crippen molar-refractivity contribution in [3.8, 4) is 0 Å². The van der Waals surface area contributed by atoms with Crippen molar-refractivity contribution in [1.82, 2.24) is 4.90 Å². The Bertz CT molecular complexity index is 370. The molecule has 3 atom stereocenters. The second kappa shape index (κ2) is 6.53. The molecule has 6 N–H and O–H groups in total. The fourth-order valence-corrected chi connectivity index (χ4v) is 2.49. The van der Waals surface area contributed by atoms with Crippen LogP contribution in [0.25, 0.3) is 0 Å². The molecule has 0 aliphatic carbocycles. The molecule has 114 valence electrons. The molecule has 1 aliphatic rings. The van der Waals surface area contributed by atoms with Gasteiger partial charge in [0.15, 0.2) is 5.72 Å². The van der Waals surface area contributed by atoms with Crippen LogP contribution in [0.15, 0.2) is 0 Å². The topological polar surface area (TPSA) is 144 Å². The van der Waals surface area contributed by atoms with Gasteiger partial charge in [-0.1, -0.05) is 6.42 Å². The summed E-state index contributed by atoms with van der Waals surface area (Å²) in [6.07, 6.45) is 1.07. The standard InChI is InChI=1S/C11H21BN2O6/c1-11(13,18)10(17)14-5-7(3-2-4-12(19)20)8(6-14)9(15)16/h7-8,18-20H,2-6,13H2,1H3,(H,15,16)/t7-,8+,11?/m0/s1. The minimum Gasteiger partial charge on any atom is -0.481 e. The zero-order valence-corrected chi connectivity index (χ0v) is 11.4. The lowest BCUT2D eigenvalue weighted by molar-refractivity contribution is -0.148. The van der Waals surface area contributed by atoms with E-state index < -0.39 is 30.6 Å². The lowest BCUT2D eigenvalue weighted by atomic mass is 9.80. The summed E-state index contributed by atoms with van der Waals surface area (Å²) in [4.78, 5) is 24.3. The second-order valence-electron chi connectivity index (χ2n) is 5.47. The Labute approximate surface area is 117 Å². The van der Waals surface area contributed by atoms with Crippen LogP contribution < -0.4 is 5.73 Å². The van der Waals surface area contributed by atoms with E-state index in [0.717, 1.165) is 6.92 Å². The molecule has 0 bridgehead atoms. The van der Waals surface area contributed by atoms with Crippen molar-refractivity contribution in [2.45, 2.75) is 31.8 Å². The zero-order valence-electron chi connectivity index (χ0n) is 11.4. The van der Waals surface area contributed by atoms with Crippen molar-refractivity contribution < 1.29 is 29.9 Å². The van der Waals surface area contributed by atoms with Crippen LogP contribution in [0.3, 0.4) is 0 Å². The van der Waals surface area contributed by atoms with Crippen LogP contribution >= 0.6 is 0 Å². The van der Waals surface area contributed by atoms with Crippen molar-refractivity contribution in [3.05, 3.63) is 0 Å². The van der Waals surface area contributed by atoms with Crippen molar-refractivity contribution in [2.24, 2.45) is 17.6 Å². The van der Waals surface area contributed by atoms with E-state index in [1.54, 1.807) is 0 Å². The van der Waals surface area contributed by atoms with Crippen LogP contribution in [0, 0.1) is 11.8 Å². The van der Waals surface area contributed by atoms with Crippen LogP contribution in [0.4, 0.5) is 0 Å². The molecular weight excluding hydrogens is 267 g/mol. The number of amides is 1. The molecule has 1 heterocycles. The molecule has 0 aromatic rings. The first-order valence-electron chi connectivity index (χ1n) is 6.52. The monoisotopic (exact) mass is 288 g/mol. The molecule has 8 nitrogen and oxygen atoms in total. The molecule has 0 saturated carbocycles. The predicted octanol–water partition coefficient (Wildman–Crippen LogP) is -1.93. The summed E-state index contributed by atoms with van der Waals surface area (Å²) in [7, 11) is -1.41. The number of nitrogens with two attached hydrogens (primary N) is 1. The normalized spacial score (nSPS) is 25.4. The van der Waals surface area contributed by atoms with Gasteiger partial charge in [0.1, 0.15) is 0 Å². The maximum absolute atomic E-state index is 11.8. The number of carbonyl (C=O) groups is 2. The first-order valence-corrected chi connectivity index (χ1v) is 6.52. The van der Waals surface area contributed by atoms with Gasteiger partial charge >= 0.3 is 13.1 Å². The van der Waals surface area contributed by atoms with Crippen molar-refractivity contribution in [3.63, 3.8) is 0 Å². The molecule has 1 unspecified atom stereocenters. The Balaban J connectivity index is 2.65. The fourth-order valence-electron chi connectivity index (χ4n) is 2.49. The largest absolute Gasteiger partial charge is 0.481 e.